The molecule has 0 fully saturated rings. The molecule has 4 aromatic carbocycles. The van der Waals surface area contributed by atoms with E-state index in [-0.39, 0.29) is 5.41 Å². The number of fused-ring (bicyclic) bond motifs is 4. The fourth-order valence-corrected chi connectivity index (χ4v) is 5.68. The summed E-state index contributed by atoms with van der Waals surface area (Å²) in [6.07, 6.45) is 6.91. The third kappa shape index (κ3) is 3.21. The number of benzene rings is 4. The molecule has 0 bridgehead atoms. The molecule has 2 nitrogen and oxygen atoms in total. The molecular weight excluding hydrogens is 412 g/mol. The zero-order valence-corrected chi connectivity index (χ0v) is 20.0. The third-order valence-electron chi connectivity index (χ3n) is 7.33. The smallest absolute Gasteiger partial charge is 0.210 e. The maximum absolute atomic E-state index is 2.36. The minimum absolute atomic E-state index is 0.0795. The van der Waals surface area contributed by atoms with Gasteiger partial charge in [-0.25, -0.2) is 0 Å². The van der Waals surface area contributed by atoms with Crippen LogP contribution < -0.4 is 0 Å². The average molecular weight is 442 g/mol. The molecule has 2 heteroatoms. The van der Waals surface area contributed by atoms with Crippen LogP contribution in [0, 0.1) is 0 Å². The average Bonchev–Trinajstić information content (AvgIpc) is 3.30. The van der Waals surface area contributed by atoms with Crippen molar-refractivity contribution < 1.29 is 4.58 Å². The predicted molar refractivity (Wildman–Crippen MR) is 144 cm³/mol. The minimum Gasteiger partial charge on any atom is -0.342 e. The Labute approximate surface area is 201 Å². The van der Waals surface area contributed by atoms with Gasteiger partial charge in [0.2, 0.25) is 5.69 Å². The Morgan fingerprint density at radius 2 is 1.47 bits per heavy atom. The molecule has 34 heavy (non-hydrogen) atoms. The van der Waals surface area contributed by atoms with Gasteiger partial charge in [-0.3, -0.25) is 0 Å². The molecule has 0 spiro atoms. The van der Waals surface area contributed by atoms with Crippen molar-refractivity contribution in [3.63, 3.8) is 0 Å². The van der Waals surface area contributed by atoms with Crippen LogP contribution in [-0.4, -0.2) is 21.9 Å². The summed E-state index contributed by atoms with van der Waals surface area (Å²) in [6.45, 7) is 5.56. The zero-order chi connectivity index (χ0) is 23.3. The first kappa shape index (κ1) is 20.7. The molecule has 0 saturated heterocycles. The summed E-state index contributed by atoms with van der Waals surface area (Å²) in [5.41, 5.74) is 7.79. The topological polar surface area (TPSA) is 7.94 Å². The lowest BCUT2D eigenvalue weighted by molar-refractivity contribution is -0.401. The highest BCUT2D eigenvalue weighted by Gasteiger charge is 2.44. The summed E-state index contributed by atoms with van der Waals surface area (Å²) < 4.78 is 4.72. The predicted octanol–water partition coefficient (Wildman–Crippen LogP) is 7.56. The van der Waals surface area contributed by atoms with Gasteiger partial charge in [-0.05, 0) is 48.4 Å². The van der Waals surface area contributed by atoms with Crippen molar-refractivity contribution in [3.05, 3.63) is 120 Å². The Bertz CT molecular complexity index is 1600. The van der Waals surface area contributed by atoms with Gasteiger partial charge in [0.15, 0.2) is 5.71 Å². The molecule has 166 valence electrons. The van der Waals surface area contributed by atoms with E-state index in [9.17, 15) is 0 Å². The van der Waals surface area contributed by atoms with Gasteiger partial charge >= 0.3 is 0 Å². The largest absolute Gasteiger partial charge is 0.342 e. The molecule has 0 N–H and O–H groups in total. The number of allylic oxidation sites excluding steroid dienone is 1. The van der Waals surface area contributed by atoms with Gasteiger partial charge in [0.1, 0.15) is 7.05 Å². The number of hydrogen-bond donors (Lipinski definition) is 0. The first-order chi connectivity index (χ1) is 16.5. The van der Waals surface area contributed by atoms with Crippen molar-refractivity contribution in [2.24, 2.45) is 0 Å². The van der Waals surface area contributed by atoms with Gasteiger partial charge in [-0.15, -0.1) is 0 Å². The number of nitrogens with zero attached hydrogens (tertiary/aromatic N) is 2. The fraction of sp³-hybridized carbons (Fsp3) is 0.156. The van der Waals surface area contributed by atoms with E-state index in [1.54, 1.807) is 0 Å². The lowest BCUT2D eigenvalue weighted by Gasteiger charge is -2.17. The highest BCUT2D eigenvalue weighted by atomic mass is 15.0. The molecule has 0 atom stereocenters. The number of para-hydroxylation sites is 1. The van der Waals surface area contributed by atoms with Crippen LogP contribution in [-0.2, 0) is 12.0 Å². The third-order valence-corrected chi connectivity index (χ3v) is 7.33. The Kier molecular flexibility index (Phi) is 4.77. The highest BCUT2D eigenvalue weighted by Crippen LogP contribution is 2.43. The monoisotopic (exact) mass is 441 g/mol. The van der Waals surface area contributed by atoms with Gasteiger partial charge in [-0.1, -0.05) is 72.8 Å². The maximum Gasteiger partial charge on any atom is 0.210 e. The molecule has 1 aromatic heterocycles. The van der Waals surface area contributed by atoms with Crippen molar-refractivity contribution in [2.75, 3.05) is 7.05 Å². The zero-order valence-electron chi connectivity index (χ0n) is 20.0. The van der Waals surface area contributed by atoms with Crippen LogP contribution in [0.2, 0.25) is 0 Å². The van der Waals surface area contributed by atoms with E-state index in [0.29, 0.717) is 0 Å². The Hall–Kier alpha value is -3.91. The van der Waals surface area contributed by atoms with Crippen LogP contribution in [0.1, 0.15) is 30.5 Å². The van der Waals surface area contributed by atoms with Crippen molar-refractivity contribution in [3.8, 4) is 0 Å². The normalized spacial score (nSPS) is 15.0. The second-order valence-corrected chi connectivity index (χ2v) is 9.80. The second-order valence-electron chi connectivity index (χ2n) is 9.80. The Morgan fingerprint density at radius 3 is 2.29 bits per heavy atom. The van der Waals surface area contributed by atoms with E-state index in [0.717, 1.165) is 6.54 Å². The van der Waals surface area contributed by atoms with Gasteiger partial charge in [-0.2, -0.15) is 4.58 Å². The summed E-state index contributed by atoms with van der Waals surface area (Å²) in [5.74, 6) is 0. The second kappa shape index (κ2) is 7.85. The molecule has 2 heterocycles. The first-order valence-electron chi connectivity index (χ1n) is 12.0. The lowest BCUT2D eigenvalue weighted by Crippen LogP contribution is -2.26. The minimum atomic E-state index is -0.0795. The summed E-state index contributed by atoms with van der Waals surface area (Å²) in [4.78, 5) is 0. The van der Waals surface area contributed by atoms with Crippen molar-refractivity contribution in [2.45, 2.75) is 25.8 Å². The van der Waals surface area contributed by atoms with E-state index in [2.05, 4.69) is 139 Å². The quantitative estimate of drug-likeness (QED) is 0.254. The number of rotatable bonds is 4. The maximum atomic E-state index is 2.36. The van der Waals surface area contributed by atoms with E-state index in [1.165, 1.54) is 49.8 Å². The molecule has 1 aliphatic heterocycles. The molecular formula is C32H29N2+. The molecule has 6 rings (SSSR count). The van der Waals surface area contributed by atoms with Gasteiger partial charge < -0.3 is 4.57 Å². The molecule has 0 unspecified atom stereocenters. The molecule has 0 amide bonds. The van der Waals surface area contributed by atoms with E-state index >= 15 is 0 Å². The standard InChI is InChI=1S/C32H29N2/c1-32(2)30(33(3)29-19-17-24-13-7-8-15-27(24)31(29)32)20-18-25-22-34(21-23-11-5-4-6-12-23)28-16-10-9-14-26(25)28/h4-20,22H,21H2,1-3H3/q+1. The van der Waals surface area contributed by atoms with Gasteiger partial charge in [0, 0.05) is 46.9 Å². The highest BCUT2D eigenvalue weighted by molar-refractivity contribution is 6.09. The van der Waals surface area contributed by atoms with Crippen LogP contribution in [0.4, 0.5) is 5.69 Å². The fourth-order valence-electron chi connectivity index (χ4n) is 5.68. The van der Waals surface area contributed by atoms with Gasteiger partial charge in [0.25, 0.3) is 0 Å². The molecule has 1 aliphatic rings. The molecule has 0 aliphatic carbocycles. The molecule has 0 saturated carbocycles. The summed E-state index contributed by atoms with van der Waals surface area (Å²) in [6, 6.07) is 32.6. The lowest BCUT2D eigenvalue weighted by atomic mass is 9.79. The number of hydrogen-bond acceptors (Lipinski definition) is 0. The summed E-state index contributed by atoms with van der Waals surface area (Å²) in [7, 11) is 2.20. The van der Waals surface area contributed by atoms with Crippen molar-refractivity contribution in [1.29, 1.82) is 0 Å². The van der Waals surface area contributed by atoms with Crippen LogP contribution in [0.15, 0.2) is 103 Å². The van der Waals surface area contributed by atoms with E-state index in [4.69, 9.17) is 0 Å². The van der Waals surface area contributed by atoms with E-state index in [1.807, 2.05) is 0 Å². The SMILES string of the molecule is C[N+]1=C(/C=C/c2cn(Cc3ccccc3)c3ccccc23)C(C)(C)c2c1ccc1ccccc21. The first-order valence-corrected chi connectivity index (χ1v) is 12.0. The van der Waals surface area contributed by atoms with Crippen LogP contribution >= 0.6 is 0 Å². The molecule has 5 aromatic rings. The summed E-state index contributed by atoms with van der Waals surface area (Å²) in [5, 5.41) is 3.94. The van der Waals surface area contributed by atoms with E-state index < -0.39 is 0 Å². The number of aromatic nitrogens is 1. The van der Waals surface area contributed by atoms with Crippen LogP contribution in [0.25, 0.3) is 27.8 Å². The Morgan fingerprint density at radius 1 is 0.765 bits per heavy atom. The van der Waals surface area contributed by atoms with Crippen LogP contribution in [0.5, 0.6) is 0 Å². The van der Waals surface area contributed by atoms with Crippen LogP contribution in [0.3, 0.4) is 0 Å². The summed E-state index contributed by atoms with van der Waals surface area (Å²) >= 11 is 0. The van der Waals surface area contributed by atoms with Crippen molar-refractivity contribution in [1.82, 2.24) is 4.57 Å². The van der Waals surface area contributed by atoms with Gasteiger partial charge in [0.05, 0.1) is 5.41 Å². The Balaban J connectivity index is 1.42. The molecule has 0 radical (unpaired) electrons. The van der Waals surface area contributed by atoms with Crippen molar-refractivity contribution >= 4 is 39.2 Å².